The normalized spacial score (nSPS) is 16.0. The molecule has 0 spiro atoms. The van der Waals surface area contributed by atoms with Gasteiger partial charge in [0.2, 0.25) is 0 Å². The van der Waals surface area contributed by atoms with Crippen LogP contribution in [-0.2, 0) is 0 Å². The molecule has 1 aliphatic heterocycles. The molecule has 0 aliphatic carbocycles. The van der Waals surface area contributed by atoms with E-state index in [2.05, 4.69) is 22.0 Å². The zero-order valence-electron chi connectivity index (χ0n) is 13.7. The van der Waals surface area contributed by atoms with Crippen molar-refractivity contribution in [2.24, 2.45) is 0 Å². The predicted octanol–water partition coefficient (Wildman–Crippen LogP) is 1.88. The Kier molecular flexibility index (Phi) is 5.92. The molecule has 1 amide bonds. The van der Waals surface area contributed by atoms with E-state index in [0.717, 1.165) is 51.3 Å². The summed E-state index contributed by atoms with van der Waals surface area (Å²) in [5.41, 5.74) is 1.08. The Morgan fingerprint density at radius 2 is 2.09 bits per heavy atom. The van der Waals surface area contributed by atoms with Crippen molar-refractivity contribution >= 4 is 17.3 Å². The molecule has 1 aromatic rings. The van der Waals surface area contributed by atoms with E-state index in [0.29, 0.717) is 5.56 Å². The van der Waals surface area contributed by atoms with Crippen molar-refractivity contribution in [3.8, 4) is 0 Å². The molecule has 7 heteroatoms. The molecular weight excluding hydrogens is 296 g/mol. The second-order valence-electron chi connectivity index (χ2n) is 5.72. The first kappa shape index (κ1) is 17.2. The number of carbonyl (C=O) groups excluding carboxylic acids is 1. The van der Waals surface area contributed by atoms with Crippen LogP contribution in [0.5, 0.6) is 0 Å². The van der Waals surface area contributed by atoms with E-state index in [1.54, 1.807) is 6.07 Å². The summed E-state index contributed by atoms with van der Waals surface area (Å²) >= 11 is 0. The lowest BCUT2D eigenvalue weighted by atomic mass is 10.1. The molecular formula is C16H24N4O3. The van der Waals surface area contributed by atoms with Crippen molar-refractivity contribution in [2.75, 3.05) is 44.7 Å². The summed E-state index contributed by atoms with van der Waals surface area (Å²) in [6, 6.07) is 4.53. The fourth-order valence-electron chi connectivity index (χ4n) is 2.98. The topological polar surface area (TPSA) is 78.7 Å². The number of rotatable bonds is 5. The maximum absolute atomic E-state index is 12.1. The molecule has 0 aromatic heterocycles. The van der Waals surface area contributed by atoms with Gasteiger partial charge < -0.3 is 15.1 Å². The Bertz CT molecular complexity index is 576. The van der Waals surface area contributed by atoms with Gasteiger partial charge in [0.05, 0.1) is 16.2 Å². The predicted molar refractivity (Wildman–Crippen MR) is 90.0 cm³/mol. The molecule has 0 bridgehead atoms. The van der Waals surface area contributed by atoms with E-state index in [1.807, 2.05) is 0 Å². The quantitative estimate of drug-likeness (QED) is 0.662. The van der Waals surface area contributed by atoms with Gasteiger partial charge in [0.1, 0.15) is 0 Å². The number of nitro groups is 1. The van der Waals surface area contributed by atoms with Crippen molar-refractivity contribution in [3.63, 3.8) is 0 Å². The van der Waals surface area contributed by atoms with E-state index in [9.17, 15) is 14.9 Å². The molecule has 1 fully saturated rings. The van der Waals surface area contributed by atoms with Gasteiger partial charge in [-0.1, -0.05) is 6.92 Å². The molecule has 2 rings (SSSR count). The van der Waals surface area contributed by atoms with E-state index in [1.165, 1.54) is 19.2 Å². The number of nitrogens with zero attached hydrogens (tertiary/aromatic N) is 3. The van der Waals surface area contributed by atoms with Crippen molar-refractivity contribution in [3.05, 3.63) is 33.9 Å². The molecule has 1 aromatic carbocycles. The third-order valence-corrected chi connectivity index (χ3v) is 4.13. The van der Waals surface area contributed by atoms with Gasteiger partial charge in [0, 0.05) is 38.8 Å². The lowest BCUT2D eigenvalue weighted by molar-refractivity contribution is -0.384. The molecule has 1 heterocycles. The fraction of sp³-hybridized carbons (Fsp3) is 0.562. The Hall–Kier alpha value is -2.15. The summed E-state index contributed by atoms with van der Waals surface area (Å²) in [6.07, 6.45) is 2.14. The van der Waals surface area contributed by atoms with Gasteiger partial charge in [0.25, 0.3) is 11.6 Å². The van der Waals surface area contributed by atoms with Crippen molar-refractivity contribution in [1.82, 2.24) is 10.2 Å². The van der Waals surface area contributed by atoms with E-state index in [-0.39, 0.29) is 11.6 Å². The summed E-state index contributed by atoms with van der Waals surface area (Å²) in [5.74, 6) is -0.293. The first-order valence-corrected chi connectivity index (χ1v) is 8.04. The van der Waals surface area contributed by atoms with Gasteiger partial charge in [-0.2, -0.15) is 0 Å². The SMILES string of the molecule is CCCN1CCCN(c2ccc([N+](=O)[O-])cc2C(=O)NC)CC1. The van der Waals surface area contributed by atoms with Crippen molar-refractivity contribution < 1.29 is 9.72 Å². The smallest absolute Gasteiger partial charge is 0.270 e. The highest BCUT2D eigenvalue weighted by Gasteiger charge is 2.22. The molecule has 0 atom stereocenters. The van der Waals surface area contributed by atoms with Gasteiger partial charge >= 0.3 is 0 Å². The zero-order valence-corrected chi connectivity index (χ0v) is 13.7. The highest BCUT2D eigenvalue weighted by Crippen LogP contribution is 2.26. The van der Waals surface area contributed by atoms with Crippen LogP contribution in [0.15, 0.2) is 18.2 Å². The van der Waals surface area contributed by atoms with Crippen LogP contribution in [-0.4, -0.2) is 55.5 Å². The molecule has 1 aliphatic rings. The molecule has 1 N–H and O–H groups in total. The minimum atomic E-state index is -0.471. The zero-order chi connectivity index (χ0) is 16.8. The van der Waals surface area contributed by atoms with Crippen LogP contribution >= 0.6 is 0 Å². The van der Waals surface area contributed by atoms with Crippen LogP contribution in [0, 0.1) is 10.1 Å². The van der Waals surface area contributed by atoms with Gasteiger partial charge in [-0.05, 0) is 32.0 Å². The van der Waals surface area contributed by atoms with E-state index >= 15 is 0 Å². The second-order valence-corrected chi connectivity index (χ2v) is 5.72. The summed E-state index contributed by atoms with van der Waals surface area (Å²) in [5, 5.41) is 13.5. The highest BCUT2D eigenvalue weighted by molar-refractivity contribution is 6.00. The standard InChI is InChI=1S/C16H24N4O3/c1-3-7-18-8-4-9-19(11-10-18)15-6-5-13(20(22)23)12-14(15)16(21)17-2/h5-6,12H,3-4,7-11H2,1-2H3,(H,17,21). The summed E-state index contributed by atoms with van der Waals surface area (Å²) in [4.78, 5) is 27.2. The van der Waals surface area contributed by atoms with Crippen LogP contribution in [0.4, 0.5) is 11.4 Å². The van der Waals surface area contributed by atoms with Crippen molar-refractivity contribution in [1.29, 1.82) is 0 Å². The van der Waals surface area contributed by atoms with Gasteiger partial charge in [-0.25, -0.2) is 0 Å². The van der Waals surface area contributed by atoms with Crippen molar-refractivity contribution in [2.45, 2.75) is 19.8 Å². The van der Waals surface area contributed by atoms with Crippen LogP contribution < -0.4 is 10.2 Å². The number of anilines is 1. The van der Waals surface area contributed by atoms with Crippen LogP contribution in [0.25, 0.3) is 0 Å². The van der Waals surface area contributed by atoms with Gasteiger partial charge in [-0.3, -0.25) is 14.9 Å². The minimum Gasteiger partial charge on any atom is -0.370 e. The number of benzene rings is 1. The molecule has 126 valence electrons. The largest absolute Gasteiger partial charge is 0.370 e. The van der Waals surface area contributed by atoms with Crippen LogP contribution in [0.2, 0.25) is 0 Å². The lowest BCUT2D eigenvalue weighted by Crippen LogP contribution is -2.32. The lowest BCUT2D eigenvalue weighted by Gasteiger charge is -2.25. The Morgan fingerprint density at radius 1 is 1.30 bits per heavy atom. The van der Waals surface area contributed by atoms with E-state index in [4.69, 9.17) is 0 Å². The number of nitro benzene ring substituents is 1. The Labute approximate surface area is 136 Å². The van der Waals surface area contributed by atoms with E-state index < -0.39 is 4.92 Å². The molecule has 1 saturated heterocycles. The first-order chi connectivity index (χ1) is 11.1. The number of carbonyl (C=O) groups is 1. The molecule has 0 unspecified atom stereocenters. The highest BCUT2D eigenvalue weighted by atomic mass is 16.6. The number of nitrogens with one attached hydrogen (secondary N) is 1. The number of hydrogen-bond acceptors (Lipinski definition) is 5. The summed E-state index contributed by atoms with van der Waals surface area (Å²) < 4.78 is 0. The number of non-ortho nitro benzene ring substituents is 1. The van der Waals surface area contributed by atoms with Crippen LogP contribution in [0.3, 0.4) is 0 Å². The molecule has 23 heavy (non-hydrogen) atoms. The third kappa shape index (κ3) is 4.19. The maximum Gasteiger partial charge on any atom is 0.270 e. The molecule has 7 nitrogen and oxygen atoms in total. The first-order valence-electron chi connectivity index (χ1n) is 8.04. The monoisotopic (exact) mass is 320 g/mol. The average molecular weight is 320 g/mol. The second kappa shape index (κ2) is 7.92. The number of hydrogen-bond donors (Lipinski definition) is 1. The average Bonchev–Trinajstić information content (AvgIpc) is 2.79. The van der Waals surface area contributed by atoms with Crippen LogP contribution in [0.1, 0.15) is 30.1 Å². The summed E-state index contributed by atoms with van der Waals surface area (Å²) in [7, 11) is 1.54. The Balaban J connectivity index is 2.27. The fourth-order valence-corrected chi connectivity index (χ4v) is 2.98. The minimum absolute atomic E-state index is 0.0604. The summed E-state index contributed by atoms with van der Waals surface area (Å²) in [6.45, 7) is 6.91. The third-order valence-electron chi connectivity index (χ3n) is 4.13. The van der Waals surface area contributed by atoms with Gasteiger partial charge in [0.15, 0.2) is 0 Å². The van der Waals surface area contributed by atoms with Gasteiger partial charge in [-0.15, -0.1) is 0 Å². The molecule has 0 saturated carbocycles. The number of amides is 1. The maximum atomic E-state index is 12.1. The molecule has 0 radical (unpaired) electrons. The Morgan fingerprint density at radius 3 is 2.74 bits per heavy atom.